The molecule has 1 atom stereocenters. The van der Waals surface area contributed by atoms with E-state index in [4.69, 9.17) is 9.15 Å². The second-order valence-electron chi connectivity index (χ2n) is 3.23. The van der Waals surface area contributed by atoms with Gasteiger partial charge < -0.3 is 14.3 Å². The minimum absolute atomic E-state index is 0.510. The zero-order valence-electron chi connectivity index (χ0n) is 8.15. The molecule has 0 saturated heterocycles. The summed E-state index contributed by atoms with van der Waals surface area (Å²) in [6, 6.07) is 5.55. The van der Waals surface area contributed by atoms with Crippen molar-refractivity contribution in [2.24, 2.45) is 0 Å². The van der Waals surface area contributed by atoms with Crippen molar-refractivity contribution in [3.8, 4) is 5.75 Å². The Kier molecular flexibility index (Phi) is 2.17. The lowest BCUT2D eigenvalue weighted by Gasteiger charge is -2.01. The SMILES string of the molecule is COc1ccc2c(C(C)O)coc2c1. The molecule has 14 heavy (non-hydrogen) atoms. The first-order chi connectivity index (χ1) is 6.72. The van der Waals surface area contributed by atoms with Gasteiger partial charge in [-0.3, -0.25) is 0 Å². The van der Waals surface area contributed by atoms with E-state index in [1.165, 1.54) is 0 Å². The van der Waals surface area contributed by atoms with Crippen LogP contribution >= 0.6 is 0 Å². The fourth-order valence-corrected chi connectivity index (χ4v) is 1.48. The van der Waals surface area contributed by atoms with Crippen molar-refractivity contribution in [3.63, 3.8) is 0 Å². The molecule has 74 valence electrons. The monoisotopic (exact) mass is 192 g/mol. The van der Waals surface area contributed by atoms with Gasteiger partial charge in [0.1, 0.15) is 11.3 Å². The molecule has 2 rings (SSSR count). The second kappa shape index (κ2) is 3.35. The lowest BCUT2D eigenvalue weighted by atomic mass is 10.1. The van der Waals surface area contributed by atoms with Gasteiger partial charge in [0.05, 0.1) is 19.5 Å². The maximum absolute atomic E-state index is 9.45. The first-order valence-corrected chi connectivity index (χ1v) is 4.45. The molecule has 0 spiro atoms. The van der Waals surface area contributed by atoms with Gasteiger partial charge in [-0.25, -0.2) is 0 Å². The molecule has 3 heteroatoms. The van der Waals surface area contributed by atoms with Crippen molar-refractivity contribution in [3.05, 3.63) is 30.0 Å². The van der Waals surface area contributed by atoms with Crippen LogP contribution in [-0.4, -0.2) is 12.2 Å². The standard InChI is InChI=1S/C11H12O3/c1-7(12)10-6-14-11-5-8(13-2)3-4-9(10)11/h3-7,12H,1-2H3. The van der Waals surface area contributed by atoms with E-state index in [-0.39, 0.29) is 0 Å². The highest BCUT2D eigenvalue weighted by Gasteiger charge is 2.10. The quantitative estimate of drug-likeness (QED) is 0.794. The Labute approximate surface area is 81.9 Å². The number of benzene rings is 1. The number of ether oxygens (including phenoxy) is 1. The number of hydrogen-bond acceptors (Lipinski definition) is 3. The highest BCUT2D eigenvalue weighted by Crippen LogP contribution is 2.28. The van der Waals surface area contributed by atoms with Gasteiger partial charge in [-0.05, 0) is 19.1 Å². The molecule has 0 fully saturated rings. The van der Waals surface area contributed by atoms with Crippen molar-refractivity contribution in [1.82, 2.24) is 0 Å². The van der Waals surface area contributed by atoms with Crippen LogP contribution in [-0.2, 0) is 0 Å². The number of furan rings is 1. The predicted octanol–water partition coefficient (Wildman–Crippen LogP) is 2.49. The van der Waals surface area contributed by atoms with Gasteiger partial charge in [0.25, 0.3) is 0 Å². The summed E-state index contributed by atoms with van der Waals surface area (Å²) in [5.41, 5.74) is 1.54. The number of aliphatic hydroxyl groups excluding tert-OH is 1. The average molecular weight is 192 g/mol. The molecule has 0 aliphatic heterocycles. The Morgan fingerprint density at radius 2 is 2.21 bits per heavy atom. The third-order valence-electron chi connectivity index (χ3n) is 2.26. The summed E-state index contributed by atoms with van der Waals surface area (Å²) in [5.74, 6) is 0.754. The molecule has 2 aromatic rings. The second-order valence-corrected chi connectivity index (χ2v) is 3.23. The lowest BCUT2D eigenvalue weighted by Crippen LogP contribution is -1.88. The third kappa shape index (κ3) is 1.36. The molecule has 3 nitrogen and oxygen atoms in total. The maximum atomic E-state index is 9.45. The summed E-state index contributed by atoms with van der Waals surface area (Å²) >= 11 is 0. The molecule has 0 radical (unpaired) electrons. The van der Waals surface area contributed by atoms with Gasteiger partial charge in [0.2, 0.25) is 0 Å². The van der Waals surface area contributed by atoms with E-state index in [1.54, 1.807) is 26.4 Å². The third-order valence-corrected chi connectivity index (χ3v) is 2.26. The molecule has 1 unspecified atom stereocenters. The van der Waals surface area contributed by atoms with Crippen LogP contribution in [0.1, 0.15) is 18.6 Å². The van der Waals surface area contributed by atoms with Crippen LogP contribution < -0.4 is 4.74 Å². The number of hydrogen-bond donors (Lipinski definition) is 1. The van der Waals surface area contributed by atoms with Crippen LogP contribution in [0.15, 0.2) is 28.9 Å². The van der Waals surface area contributed by atoms with Gasteiger partial charge in [0.15, 0.2) is 0 Å². The summed E-state index contributed by atoms with van der Waals surface area (Å²) in [6.45, 7) is 1.72. The Morgan fingerprint density at radius 1 is 1.43 bits per heavy atom. The summed E-state index contributed by atoms with van der Waals surface area (Å²) < 4.78 is 10.4. The van der Waals surface area contributed by atoms with Gasteiger partial charge in [-0.15, -0.1) is 0 Å². The van der Waals surface area contributed by atoms with Gasteiger partial charge in [-0.1, -0.05) is 0 Å². The molecule has 0 aliphatic rings. The Morgan fingerprint density at radius 3 is 2.86 bits per heavy atom. The number of methoxy groups -OCH3 is 1. The van der Waals surface area contributed by atoms with Crippen LogP contribution in [0.25, 0.3) is 11.0 Å². The van der Waals surface area contributed by atoms with E-state index in [0.717, 1.165) is 22.3 Å². The van der Waals surface area contributed by atoms with Gasteiger partial charge in [-0.2, -0.15) is 0 Å². The predicted molar refractivity (Wildman–Crippen MR) is 53.4 cm³/mol. The number of fused-ring (bicyclic) bond motifs is 1. The topological polar surface area (TPSA) is 42.6 Å². The number of rotatable bonds is 2. The lowest BCUT2D eigenvalue weighted by molar-refractivity contribution is 0.199. The van der Waals surface area contributed by atoms with Crippen LogP contribution in [0.2, 0.25) is 0 Å². The van der Waals surface area contributed by atoms with E-state index < -0.39 is 6.10 Å². The summed E-state index contributed by atoms with van der Waals surface area (Å²) in [6.07, 6.45) is 1.07. The van der Waals surface area contributed by atoms with Crippen LogP contribution in [0.3, 0.4) is 0 Å². The Balaban J connectivity index is 2.59. The molecule has 1 aromatic carbocycles. The van der Waals surface area contributed by atoms with Crippen molar-refractivity contribution in [2.75, 3.05) is 7.11 Å². The molecular formula is C11H12O3. The van der Waals surface area contributed by atoms with Gasteiger partial charge in [0, 0.05) is 17.0 Å². The smallest absolute Gasteiger partial charge is 0.137 e. The average Bonchev–Trinajstić information content (AvgIpc) is 2.59. The summed E-state index contributed by atoms with van der Waals surface area (Å²) in [4.78, 5) is 0. The first-order valence-electron chi connectivity index (χ1n) is 4.45. The van der Waals surface area contributed by atoms with Gasteiger partial charge >= 0.3 is 0 Å². The molecule has 1 aromatic heterocycles. The van der Waals surface area contributed by atoms with E-state index in [0.29, 0.717) is 0 Å². The summed E-state index contributed by atoms with van der Waals surface area (Å²) in [5, 5.41) is 10.4. The van der Waals surface area contributed by atoms with Crippen molar-refractivity contribution in [2.45, 2.75) is 13.0 Å². The molecular weight excluding hydrogens is 180 g/mol. The van der Waals surface area contributed by atoms with Crippen LogP contribution in [0, 0.1) is 0 Å². The maximum Gasteiger partial charge on any atom is 0.137 e. The minimum Gasteiger partial charge on any atom is -0.497 e. The highest BCUT2D eigenvalue weighted by atomic mass is 16.5. The molecule has 0 saturated carbocycles. The minimum atomic E-state index is -0.510. The largest absolute Gasteiger partial charge is 0.497 e. The van der Waals surface area contributed by atoms with E-state index in [9.17, 15) is 5.11 Å². The van der Waals surface area contributed by atoms with E-state index in [1.807, 2.05) is 12.1 Å². The van der Waals surface area contributed by atoms with Crippen molar-refractivity contribution in [1.29, 1.82) is 0 Å². The molecule has 0 amide bonds. The zero-order valence-corrected chi connectivity index (χ0v) is 8.15. The van der Waals surface area contributed by atoms with Crippen molar-refractivity contribution < 1.29 is 14.3 Å². The normalized spacial score (nSPS) is 13.1. The fourth-order valence-electron chi connectivity index (χ4n) is 1.48. The fraction of sp³-hybridized carbons (Fsp3) is 0.273. The van der Waals surface area contributed by atoms with E-state index >= 15 is 0 Å². The first kappa shape index (κ1) is 9.09. The van der Waals surface area contributed by atoms with Crippen LogP contribution in [0.4, 0.5) is 0 Å². The zero-order chi connectivity index (χ0) is 10.1. The highest BCUT2D eigenvalue weighted by molar-refractivity contribution is 5.82. The molecule has 0 aliphatic carbocycles. The molecule has 1 N–H and O–H groups in total. The Bertz CT molecular complexity index is 443. The summed E-state index contributed by atoms with van der Waals surface area (Å²) in [7, 11) is 1.61. The van der Waals surface area contributed by atoms with Crippen molar-refractivity contribution >= 4 is 11.0 Å². The number of aliphatic hydroxyl groups is 1. The molecule has 1 heterocycles. The van der Waals surface area contributed by atoms with E-state index in [2.05, 4.69) is 0 Å². The Hall–Kier alpha value is -1.48. The molecule has 0 bridgehead atoms. The van der Waals surface area contributed by atoms with Crippen LogP contribution in [0.5, 0.6) is 5.75 Å².